The van der Waals surface area contributed by atoms with Crippen LogP contribution in [0.1, 0.15) is 55.6 Å². The van der Waals surface area contributed by atoms with E-state index in [0.717, 1.165) is 19.0 Å². The zero-order valence-corrected chi connectivity index (χ0v) is 14.5. The molecule has 0 bridgehead atoms. The van der Waals surface area contributed by atoms with Crippen LogP contribution in [-0.4, -0.2) is 36.9 Å². The third kappa shape index (κ3) is 3.30. The molecule has 130 valence electrons. The van der Waals surface area contributed by atoms with Crippen molar-refractivity contribution < 1.29 is 5.11 Å². The lowest BCUT2D eigenvalue weighted by atomic mass is 9.77. The molecule has 3 heteroatoms. The van der Waals surface area contributed by atoms with Gasteiger partial charge in [0.2, 0.25) is 0 Å². The maximum Gasteiger partial charge on any atom is 0.0591 e. The van der Waals surface area contributed by atoms with Crippen LogP contribution >= 0.6 is 0 Å². The minimum Gasteiger partial charge on any atom is -0.395 e. The van der Waals surface area contributed by atoms with Crippen molar-refractivity contribution in [2.45, 2.75) is 56.5 Å². The number of aliphatic hydroxyl groups is 1. The van der Waals surface area contributed by atoms with E-state index in [4.69, 9.17) is 0 Å². The predicted molar refractivity (Wildman–Crippen MR) is 99.0 cm³/mol. The van der Waals surface area contributed by atoms with E-state index in [-0.39, 0.29) is 12.6 Å². The van der Waals surface area contributed by atoms with Gasteiger partial charge < -0.3 is 15.7 Å². The van der Waals surface area contributed by atoms with Crippen molar-refractivity contribution in [1.82, 2.24) is 10.6 Å². The molecule has 3 nitrogen and oxygen atoms in total. The Labute approximate surface area is 145 Å². The summed E-state index contributed by atoms with van der Waals surface area (Å²) in [6.07, 6.45) is 10.3. The second kappa shape index (κ2) is 7.38. The van der Waals surface area contributed by atoms with Crippen LogP contribution < -0.4 is 10.6 Å². The molecule has 1 aromatic carbocycles. The molecule has 0 amide bonds. The summed E-state index contributed by atoms with van der Waals surface area (Å²) in [7, 11) is 0. The van der Waals surface area contributed by atoms with Gasteiger partial charge in [-0.2, -0.15) is 0 Å². The molecule has 1 aliphatic heterocycles. The van der Waals surface area contributed by atoms with Gasteiger partial charge >= 0.3 is 0 Å². The molecule has 1 saturated carbocycles. The number of allylic oxidation sites excluding steroid dienone is 2. The summed E-state index contributed by atoms with van der Waals surface area (Å²) >= 11 is 0. The number of benzene rings is 1. The molecule has 2 fully saturated rings. The molecule has 0 radical (unpaired) electrons. The Morgan fingerprint density at radius 1 is 1.04 bits per heavy atom. The van der Waals surface area contributed by atoms with E-state index in [1.165, 1.54) is 55.2 Å². The van der Waals surface area contributed by atoms with Crippen LogP contribution in [0.4, 0.5) is 0 Å². The Morgan fingerprint density at radius 2 is 1.88 bits per heavy atom. The standard InChI is InChI=1S/C21H30N2O/c24-14-20-21(19(23-20)13-22-12-15-4-3-5-15)18-10-8-17(9-11-18)16-6-1-2-7-16/h6,8-11,15,19-24H,1-5,7,12-14H2/t19-,20+,21-/m0/s1. The normalized spacial score (nSPS) is 29.9. The van der Waals surface area contributed by atoms with Crippen molar-refractivity contribution >= 4 is 5.57 Å². The maximum absolute atomic E-state index is 9.63. The zero-order chi connectivity index (χ0) is 16.4. The van der Waals surface area contributed by atoms with E-state index in [1.54, 1.807) is 0 Å². The van der Waals surface area contributed by atoms with Gasteiger partial charge in [-0.3, -0.25) is 0 Å². The molecule has 3 N–H and O–H groups in total. The van der Waals surface area contributed by atoms with E-state index < -0.39 is 0 Å². The fourth-order valence-electron chi connectivity index (χ4n) is 4.45. The Kier molecular flexibility index (Phi) is 5.02. The molecular weight excluding hydrogens is 296 g/mol. The summed E-state index contributed by atoms with van der Waals surface area (Å²) in [5, 5.41) is 16.8. The fraction of sp³-hybridized carbons (Fsp3) is 0.619. The summed E-state index contributed by atoms with van der Waals surface area (Å²) in [4.78, 5) is 0. The first-order valence-electron chi connectivity index (χ1n) is 9.72. The molecule has 0 spiro atoms. The van der Waals surface area contributed by atoms with Crippen LogP contribution in [0.3, 0.4) is 0 Å². The third-order valence-electron chi connectivity index (χ3n) is 6.22. The lowest BCUT2D eigenvalue weighted by Crippen LogP contribution is -2.64. The minimum atomic E-state index is 0.206. The smallest absolute Gasteiger partial charge is 0.0591 e. The highest BCUT2D eigenvalue weighted by molar-refractivity contribution is 5.67. The van der Waals surface area contributed by atoms with Crippen molar-refractivity contribution in [3.8, 4) is 0 Å². The molecule has 1 heterocycles. The van der Waals surface area contributed by atoms with Crippen molar-refractivity contribution in [2.75, 3.05) is 19.7 Å². The molecule has 3 atom stereocenters. The summed E-state index contributed by atoms with van der Waals surface area (Å²) in [6.45, 7) is 2.38. The van der Waals surface area contributed by atoms with Gasteiger partial charge in [-0.05, 0) is 61.3 Å². The first-order valence-corrected chi connectivity index (χ1v) is 9.72. The first-order chi connectivity index (χ1) is 11.8. The third-order valence-corrected chi connectivity index (χ3v) is 6.22. The summed E-state index contributed by atoms with van der Waals surface area (Å²) in [5.41, 5.74) is 4.25. The van der Waals surface area contributed by atoms with Crippen LogP contribution in [0, 0.1) is 5.92 Å². The van der Waals surface area contributed by atoms with Gasteiger partial charge in [0.15, 0.2) is 0 Å². The van der Waals surface area contributed by atoms with E-state index in [0.29, 0.717) is 12.0 Å². The van der Waals surface area contributed by atoms with Gasteiger partial charge in [0.25, 0.3) is 0 Å². The largest absolute Gasteiger partial charge is 0.395 e. The monoisotopic (exact) mass is 326 g/mol. The number of hydrogen-bond donors (Lipinski definition) is 3. The number of nitrogens with one attached hydrogen (secondary N) is 2. The molecule has 1 saturated heterocycles. The minimum absolute atomic E-state index is 0.206. The van der Waals surface area contributed by atoms with E-state index in [2.05, 4.69) is 41.0 Å². The quantitative estimate of drug-likeness (QED) is 0.721. The fourth-order valence-corrected chi connectivity index (χ4v) is 4.45. The highest BCUT2D eigenvalue weighted by Crippen LogP contribution is 2.34. The Hall–Kier alpha value is -1.16. The van der Waals surface area contributed by atoms with Crippen LogP contribution in [0.25, 0.3) is 5.57 Å². The van der Waals surface area contributed by atoms with E-state index in [9.17, 15) is 5.11 Å². The Morgan fingerprint density at radius 3 is 2.50 bits per heavy atom. The Balaban J connectivity index is 1.37. The molecule has 24 heavy (non-hydrogen) atoms. The van der Waals surface area contributed by atoms with Gasteiger partial charge in [-0.1, -0.05) is 36.8 Å². The molecule has 0 unspecified atom stereocenters. The predicted octanol–water partition coefficient (Wildman–Crippen LogP) is 3.06. The Bertz CT molecular complexity index is 576. The van der Waals surface area contributed by atoms with E-state index >= 15 is 0 Å². The van der Waals surface area contributed by atoms with Gasteiger partial charge in [0.05, 0.1) is 6.61 Å². The lowest BCUT2D eigenvalue weighted by Gasteiger charge is -2.46. The average molecular weight is 326 g/mol. The molecule has 2 aliphatic carbocycles. The number of rotatable bonds is 7. The molecule has 0 aromatic heterocycles. The van der Waals surface area contributed by atoms with Crippen LogP contribution in [0.15, 0.2) is 30.3 Å². The van der Waals surface area contributed by atoms with Gasteiger partial charge in [0.1, 0.15) is 0 Å². The topological polar surface area (TPSA) is 44.3 Å². The van der Waals surface area contributed by atoms with Crippen LogP contribution in [-0.2, 0) is 0 Å². The summed E-state index contributed by atoms with van der Waals surface area (Å²) < 4.78 is 0. The van der Waals surface area contributed by atoms with Gasteiger partial charge in [0, 0.05) is 24.5 Å². The second-order valence-electron chi connectivity index (χ2n) is 7.79. The van der Waals surface area contributed by atoms with Crippen molar-refractivity contribution in [2.24, 2.45) is 5.92 Å². The van der Waals surface area contributed by atoms with Crippen molar-refractivity contribution in [3.63, 3.8) is 0 Å². The molecule has 4 rings (SSSR count). The SMILES string of the molecule is OC[C@H]1N[C@@H](CNCC2CCC2)[C@@H]1c1ccc(C2=CCCC2)cc1. The lowest BCUT2D eigenvalue weighted by molar-refractivity contribution is 0.125. The molecule has 3 aliphatic rings. The zero-order valence-electron chi connectivity index (χ0n) is 14.5. The summed E-state index contributed by atoms with van der Waals surface area (Å²) in [6, 6.07) is 9.76. The first kappa shape index (κ1) is 16.3. The highest BCUT2D eigenvalue weighted by atomic mass is 16.3. The summed E-state index contributed by atoms with van der Waals surface area (Å²) in [5.74, 6) is 1.33. The van der Waals surface area contributed by atoms with Crippen molar-refractivity contribution in [3.05, 3.63) is 41.5 Å². The van der Waals surface area contributed by atoms with Crippen LogP contribution in [0.2, 0.25) is 0 Å². The number of aliphatic hydroxyl groups excluding tert-OH is 1. The second-order valence-corrected chi connectivity index (χ2v) is 7.79. The molecular formula is C21H30N2O. The van der Waals surface area contributed by atoms with Gasteiger partial charge in [-0.25, -0.2) is 0 Å². The highest BCUT2D eigenvalue weighted by Gasteiger charge is 2.40. The number of hydrogen-bond acceptors (Lipinski definition) is 3. The van der Waals surface area contributed by atoms with Crippen molar-refractivity contribution in [1.29, 1.82) is 0 Å². The average Bonchev–Trinajstić information content (AvgIpc) is 3.07. The maximum atomic E-state index is 9.63. The van der Waals surface area contributed by atoms with Gasteiger partial charge in [-0.15, -0.1) is 0 Å². The van der Waals surface area contributed by atoms with E-state index in [1.807, 2.05) is 0 Å². The van der Waals surface area contributed by atoms with Crippen LogP contribution in [0.5, 0.6) is 0 Å². The molecule has 1 aromatic rings.